The van der Waals surface area contributed by atoms with Crippen molar-refractivity contribution in [3.05, 3.63) is 36.5 Å². The first-order valence-electron chi connectivity index (χ1n) is 5.50. The van der Waals surface area contributed by atoms with E-state index in [4.69, 9.17) is 0 Å². The Morgan fingerprint density at radius 2 is 2.06 bits per heavy atom. The van der Waals surface area contributed by atoms with Crippen LogP contribution in [0.3, 0.4) is 0 Å². The fourth-order valence-electron chi connectivity index (χ4n) is 1.86. The number of nitrogens with zero attached hydrogens (tertiary/aromatic N) is 1. The molecule has 0 aliphatic carbocycles. The first-order chi connectivity index (χ1) is 8.46. The lowest BCUT2D eigenvalue weighted by atomic mass is 10.2. The van der Waals surface area contributed by atoms with Gasteiger partial charge in [-0.3, -0.25) is 0 Å². The van der Waals surface area contributed by atoms with Crippen LogP contribution in [0.15, 0.2) is 36.5 Å². The number of aryl methyl sites for hydroxylation is 1. The molecule has 6 heteroatoms. The Labute approximate surface area is 105 Å². The van der Waals surface area contributed by atoms with Crippen molar-refractivity contribution in [1.29, 1.82) is 0 Å². The van der Waals surface area contributed by atoms with Crippen molar-refractivity contribution in [2.24, 2.45) is 0 Å². The summed E-state index contributed by atoms with van der Waals surface area (Å²) in [6.07, 6.45) is 2.05. The van der Waals surface area contributed by atoms with Crippen LogP contribution in [-0.4, -0.2) is 23.8 Å². The number of rotatable bonds is 4. The Hall–Kier alpha value is -1.66. The van der Waals surface area contributed by atoms with Crippen molar-refractivity contribution in [1.82, 2.24) is 0 Å². The van der Waals surface area contributed by atoms with Crippen molar-refractivity contribution in [2.45, 2.75) is 13.0 Å². The van der Waals surface area contributed by atoms with Crippen LogP contribution in [0.2, 0.25) is 0 Å². The Bertz CT molecular complexity index is 667. The summed E-state index contributed by atoms with van der Waals surface area (Å²) < 4.78 is 33.4. The van der Waals surface area contributed by atoms with Crippen LogP contribution in [0.4, 0.5) is 0 Å². The van der Waals surface area contributed by atoms with Gasteiger partial charge in [0.2, 0.25) is 5.52 Å². The van der Waals surface area contributed by atoms with Crippen molar-refractivity contribution in [2.75, 3.05) is 5.75 Å². The van der Waals surface area contributed by atoms with Gasteiger partial charge in [0.1, 0.15) is 12.3 Å². The molecule has 0 amide bonds. The summed E-state index contributed by atoms with van der Waals surface area (Å²) in [5.41, 5.74) is 0.806. The van der Waals surface area contributed by atoms with E-state index in [9.17, 15) is 18.1 Å². The lowest BCUT2D eigenvalue weighted by Gasteiger charge is -2.05. The van der Waals surface area contributed by atoms with E-state index in [2.05, 4.69) is 0 Å². The number of phenolic OH excluding ortho intramolecular Hbond substituents is 1. The standard InChI is InChI=1S/C12H13NO4S/c14-11-5-4-10-3-1-6-13(12(10)9-11)7-2-8-18(15,16)17/h1,3-6,9H,2,7-8H2,(H,15,16,17). The minimum absolute atomic E-state index is 0.152. The average Bonchev–Trinajstić information content (AvgIpc) is 2.28. The summed E-state index contributed by atoms with van der Waals surface area (Å²) in [6, 6.07) is 8.72. The molecule has 5 nitrogen and oxygen atoms in total. The topological polar surface area (TPSA) is 81.3 Å². The maximum Gasteiger partial charge on any atom is 0.216 e. The lowest BCUT2D eigenvalue weighted by molar-refractivity contribution is -0.671. The molecule has 1 aromatic heterocycles. The van der Waals surface area contributed by atoms with Gasteiger partial charge in [0.15, 0.2) is 6.20 Å². The Morgan fingerprint density at radius 3 is 2.78 bits per heavy atom. The van der Waals surface area contributed by atoms with Gasteiger partial charge in [0.25, 0.3) is 0 Å². The van der Waals surface area contributed by atoms with Gasteiger partial charge in [0, 0.05) is 23.6 Å². The zero-order valence-electron chi connectivity index (χ0n) is 9.61. The fraction of sp³-hybridized carbons (Fsp3) is 0.250. The molecule has 0 saturated carbocycles. The molecule has 1 heterocycles. The highest BCUT2D eigenvalue weighted by Gasteiger charge is 2.09. The van der Waals surface area contributed by atoms with Gasteiger partial charge in [-0.2, -0.15) is 4.57 Å². The van der Waals surface area contributed by atoms with Gasteiger partial charge < -0.3 is 9.66 Å². The van der Waals surface area contributed by atoms with Crippen LogP contribution < -0.4 is 4.57 Å². The van der Waals surface area contributed by atoms with E-state index in [1.54, 1.807) is 24.4 Å². The summed E-state index contributed by atoms with van der Waals surface area (Å²) in [4.78, 5) is 0. The molecule has 0 aliphatic heterocycles. The van der Waals surface area contributed by atoms with Gasteiger partial charge >= 0.3 is 0 Å². The Balaban J connectivity index is 2.25. The molecule has 0 radical (unpaired) electrons. The largest absolute Gasteiger partial charge is 0.748 e. The summed E-state index contributed by atoms with van der Waals surface area (Å²) in [7, 11) is -4.17. The van der Waals surface area contributed by atoms with E-state index < -0.39 is 10.1 Å². The van der Waals surface area contributed by atoms with E-state index in [1.807, 2.05) is 16.7 Å². The number of benzene rings is 1. The zero-order chi connectivity index (χ0) is 13.2. The van der Waals surface area contributed by atoms with Gasteiger partial charge in [-0.1, -0.05) is 0 Å². The normalized spacial score (nSPS) is 11.8. The summed E-state index contributed by atoms with van der Waals surface area (Å²) in [5, 5.41) is 10.4. The monoisotopic (exact) mass is 267 g/mol. The van der Waals surface area contributed by atoms with E-state index in [-0.39, 0.29) is 17.9 Å². The van der Waals surface area contributed by atoms with E-state index in [0.717, 1.165) is 10.9 Å². The molecule has 0 bridgehead atoms. The summed E-state index contributed by atoms with van der Waals surface area (Å²) in [6.45, 7) is 0.419. The third-order valence-corrected chi connectivity index (χ3v) is 3.45. The number of hydrogen-bond donors (Lipinski definition) is 1. The van der Waals surface area contributed by atoms with Gasteiger partial charge in [-0.05, 0) is 18.2 Å². The number of pyridine rings is 1. The highest BCUT2D eigenvalue weighted by atomic mass is 32.2. The molecule has 18 heavy (non-hydrogen) atoms. The fourth-order valence-corrected chi connectivity index (χ4v) is 2.34. The minimum Gasteiger partial charge on any atom is -0.748 e. The molecule has 96 valence electrons. The van der Waals surface area contributed by atoms with Crippen molar-refractivity contribution in [3.8, 4) is 5.75 Å². The molecule has 0 aliphatic rings. The van der Waals surface area contributed by atoms with E-state index in [1.165, 1.54) is 0 Å². The molecular formula is C12H13NO4S. The second-order valence-corrected chi connectivity index (χ2v) is 5.58. The minimum atomic E-state index is -4.17. The molecule has 0 atom stereocenters. The Morgan fingerprint density at radius 1 is 1.28 bits per heavy atom. The van der Waals surface area contributed by atoms with E-state index in [0.29, 0.717) is 6.54 Å². The average molecular weight is 267 g/mol. The number of aromatic nitrogens is 1. The van der Waals surface area contributed by atoms with Crippen LogP contribution in [0.5, 0.6) is 5.75 Å². The highest BCUT2D eigenvalue weighted by molar-refractivity contribution is 7.85. The number of aromatic hydroxyl groups is 1. The van der Waals surface area contributed by atoms with Gasteiger partial charge in [0.05, 0.1) is 16.2 Å². The molecular weight excluding hydrogens is 254 g/mol. The van der Waals surface area contributed by atoms with Crippen LogP contribution >= 0.6 is 0 Å². The second kappa shape index (κ2) is 4.91. The molecule has 1 aromatic carbocycles. The predicted octanol–water partition coefficient (Wildman–Crippen LogP) is 0.768. The smallest absolute Gasteiger partial charge is 0.216 e. The quantitative estimate of drug-likeness (QED) is 0.655. The van der Waals surface area contributed by atoms with Crippen molar-refractivity contribution >= 4 is 21.0 Å². The maximum atomic E-state index is 10.5. The molecule has 0 spiro atoms. The van der Waals surface area contributed by atoms with Crippen molar-refractivity contribution in [3.63, 3.8) is 0 Å². The number of fused-ring (bicyclic) bond motifs is 1. The third-order valence-electron chi connectivity index (χ3n) is 2.66. The second-order valence-electron chi connectivity index (χ2n) is 4.06. The van der Waals surface area contributed by atoms with Crippen LogP contribution in [-0.2, 0) is 16.7 Å². The van der Waals surface area contributed by atoms with E-state index >= 15 is 0 Å². The number of phenols is 1. The third kappa shape index (κ3) is 3.18. The van der Waals surface area contributed by atoms with Crippen LogP contribution in [0, 0.1) is 0 Å². The maximum absolute atomic E-state index is 10.5. The molecule has 2 rings (SSSR count). The SMILES string of the molecule is O=S(=O)([O-])CCC[n+]1cccc2ccc(O)cc21. The van der Waals surface area contributed by atoms with Crippen LogP contribution in [0.1, 0.15) is 6.42 Å². The lowest BCUT2D eigenvalue weighted by Crippen LogP contribution is -2.34. The summed E-state index contributed by atoms with van der Waals surface area (Å²) in [5.74, 6) is -0.228. The van der Waals surface area contributed by atoms with Gasteiger partial charge in [-0.25, -0.2) is 8.42 Å². The first kappa shape index (κ1) is 12.8. The molecule has 0 unspecified atom stereocenters. The molecule has 0 saturated heterocycles. The zero-order valence-corrected chi connectivity index (χ0v) is 10.4. The van der Waals surface area contributed by atoms with Crippen molar-refractivity contribution < 1.29 is 22.6 Å². The molecule has 1 N–H and O–H groups in total. The van der Waals surface area contributed by atoms with Gasteiger partial charge in [-0.15, -0.1) is 0 Å². The molecule has 0 fully saturated rings. The predicted molar refractivity (Wildman–Crippen MR) is 65.0 cm³/mol. The first-order valence-corrected chi connectivity index (χ1v) is 7.08. The van der Waals surface area contributed by atoms with Crippen LogP contribution in [0.25, 0.3) is 10.9 Å². The number of hydrogen-bond acceptors (Lipinski definition) is 4. The Kier molecular flexibility index (Phi) is 3.49. The summed E-state index contributed by atoms with van der Waals surface area (Å²) >= 11 is 0. The highest BCUT2D eigenvalue weighted by Crippen LogP contribution is 2.16. The molecule has 2 aromatic rings.